The molecule has 6 heteroatoms. The molecule has 1 atom stereocenters. The van der Waals surface area contributed by atoms with Crippen LogP contribution in [0.5, 0.6) is 0 Å². The molecular formula is C12H17NO4S. The van der Waals surface area contributed by atoms with Crippen LogP contribution in [0.1, 0.15) is 32.3 Å². The second kappa shape index (κ2) is 5.48. The minimum atomic E-state index is -3.64. The summed E-state index contributed by atoms with van der Waals surface area (Å²) in [6, 6.07) is 4.21. The van der Waals surface area contributed by atoms with E-state index in [0.717, 1.165) is 6.42 Å². The molecule has 0 aliphatic heterocycles. The van der Waals surface area contributed by atoms with Crippen LogP contribution in [0, 0.1) is 17.0 Å². The van der Waals surface area contributed by atoms with Gasteiger partial charge in [-0.25, -0.2) is 8.42 Å². The molecule has 0 amide bonds. The van der Waals surface area contributed by atoms with Gasteiger partial charge in [-0.1, -0.05) is 19.4 Å². The van der Waals surface area contributed by atoms with E-state index >= 15 is 0 Å². The SMILES string of the molecule is CCCC(C)S(=O)(=O)c1ccc(C)cc1[N+](=O)[O-]. The van der Waals surface area contributed by atoms with E-state index in [1.807, 2.05) is 6.92 Å². The Morgan fingerprint density at radius 2 is 2.00 bits per heavy atom. The van der Waals surface area contributed by atoms with Gasteiger partial charge in [-0.15, -0.1) is 0 Å². The van der Waals surface area contributed by atoms with Crippen molar-refractivity contribution in [1.29, 1.82) is 0 Å². The van der Waals surface area contributed by atoms with Crippen molar-refractivity contribution in [2.24, 2.45) is 0 Å². The zero-order chi connectivity index (χ0) is 13.9. The summed E-state index contributed by atoms with van der Waals surface area (Å²) >= 11 is 0. The average Bonchev–Trinajstić information content (AvgIpc) is 2.28. The van der Waals surface area contributed by atoms with Gasteiger partial charge in [0.15, 0.2) is 9.84 Å². The first-order valence-electron chi connectivity index (χ1n) is 5.79. The molecule has 0 aliphatic rings. The molecule has 0 aromatic heterocycles. The molecule has 100 valence electrons. The molecular weight excluding hydrogens is 254 g/mol. The van der Waals surface area contributed by atoms with E-state index in [1.165, 1.54) is 12.1 Å². The highest BCUT2D eigenvalue weighted by molar-refractivity contribution is 7.92. The number of hydrogen-bond acceptors (Lipinski definition) is 4. The Morgan fingerprint density at radius 1 is 1.39 bits per heavy atom. The van der Waals surface area contributed by atoms with Crippen molar-refractivity contribution in [1.82, 2.24) is 0 Å². The molecule has 1 unspecified atom stereocenters. The van der Waals surface area contributed by atoms with E-state index in [0.29, 0.717) is 12.0 Å². The highest BCUT2D eigenvalue weighted by Gasteiger charge is 2.30. The minimum Gasteiger partial charge on any atom is -0.258 e. The quantitative estimate of drug-likeness (QED) is 0.609. The smallest absolute Gasteiger partial charge is 0.258 e. The molecule has 0 aliphatic carbocycles. The van der Waals surface area contributed by atoms with Crippen LogP contribution in [0.2, 0.25) is 0 Å². The van der Waals surface area contributed by atoms with Crippen LogP contribution in [0.15, 0.2) is 23.1 Å². The third-order valence-electron chi connectivity index (χ3n) is 2.84. The molecule has 1 aromatic rings. The topological polar surface area (TPSA) is 77.3 Å². The summed E-state index contributed by atoms with van der Waals surface area (Å²) < 4.78 is 24.5. The Kier molecular flexibility index (Phi) is 4.45. The molecule has 0 fully saturated rings. The first-order chi connectivity index (χ1) is 8.30. The van der Waals surface area contributed by atoms with E-state index in [4.69, 9.17) is 0 Å². The lowest BCUT2D eigenvalue weighted by Crippen LogP contribution is -2.19. The second-order valence-electron chi connectivity index (χ2n) is 4.37. The van der Waals surface area contributed by atoms with E-state index in [9.17, 15) is 18.5 Å². The van der Waals surface area contributed by atoms with Crippen molar-refractivity contribution in [3.63, 3.8) is 0 Å². The Labute approximate surface area is 107 Å². The van der Waals surface area contributed by atoms with Gasteiger partial charge in [0.25, 0.3) is 5.69 Å². The van der Waals surface area contributed by atoms with Crippen LogP contribution >= 0.6 is 0 Å². The van der Waals surface area contributed by atoms with E-state index in [2.05, 4.69) is 0 Å². The number of nitrogens with zero attached hydrogens (tertiary/aromatic N) is 1. The van der Waals surface area contributed by atoms with E-state index in [-0.39, 0.29) is 10.6 Å². The first-order valence-corrected chi connectivity index (χ1v) is 7.34. The summed E-state index contributed by atoms with van der Waals surface area (Å²) in [6.07, 6.45) is 1.22. The van der Waals surface area contributed by atoms with Crippen molar-refractivity contribution in [3.8, 4) is 0 Å². The zero-order valence-corrected chi connectivity index (χ0v) is 11.5. The van der Waals surface area contributed by atoms with Gasteiger partial charge in [-0.2, -0.15) is 0 Å². The lowest BCUT2D eigenvalue weighted by molar-refractivity contribution is -0.387. The molecule has 0 spiro atoms. The van der Waals surface area contributed by atoms with Gasteiger partial charge in [-0.05, 0) is 31.9 Å². The molecule has 18 heavy (non-hydrogen) atoms. The number of hydrogen-bond donors (Lipinski definition) is 0. The summed E-state index contributed by atoms with van der Waals surface area (Å²) in [5.74, 6) is 0. The number of rotatable bonds is 5. The van der Waals surface area contributed by atoms with Gasteiger partial charge >= 0.3 is 0 Å². The largest absolute Gasteiger partial charge is 0.288 e. The van der Waals surface area contributed by atoms with Gasteiger partial charge in [-0.3, -0.25) is 10.1 Å². The maximum atomic E-state index is 12.3. The molecule has 0 bridgehead atoms. The summed E-state index contributed by atoms with van der Waals surface area (Å²) in [5.41, 5.74) is 0.335. The number of sulfone groups is 1. The fourth-order valence-corrected chi connectivity index (χ4v) is 3.45. The van der Waals surface area contributed by atoms with Gasteiger partial charge in [0.05, 0.1) is 10.2 Å². The highest BCUT2D eigenvalue weighted by atomic mass is 32.2. The average molecular weight is 271 g/mol. The lowest BCUT2D eigenvalue weighted by atomic mass is 10.2. The number of benzene rings is 1. The van der Waals surface area contributed by atoms with Crippen LogP contribution in [0.4, 0.5) is 5.69 Å². The number of nitro benzene ring substituents is 1. The van der Waals surface area contributed by atoms with Crippen LogP contribution in [0.3, 0.4) is 0 Å². The Bertz CT molecular complexity index is 551. The standard InChI is InChI=1S/C12H17NO4S/c1-4-5-10(3)18(16,17)12-7-6-9(2)8-11(12)13(14)15/h6-8,10H,4-5H2,1-3H3. The predicted octanol–water partition coefficient (Wildman–Crippen LogP) is 2.87. The number of nitro groups is 1. The summed E-state index contributed by atoms with van der Waals surface area (Å²) in [6.45, 7) is 5.16. The summed E-state index contributed by atoms with van der Waals surface area (Å²) in [7, 11) is -3.64. The predicted molar refractivity (Wildman–Crippen MR) is 69.4 cm³/mol. The van der Waals surface area contributed by atoms with Crippen LogP contribution < -0.4 is 0 Å². The maximum Gasteiger partial charge on any atom is 0.288 e. The molecule has 0 saturated carbocycles. The fourth-order valence-electron chi connectivity index (χ4n) is 1.79. The molecule has 0 N–H and O–H groups in total. The molecule has 5 nitrogen and oxygen atoms in total. The Balaban J connectivity index is 3.37. The van der Waals surface area contributed by atoms with Crippen molar-refractivity contribution < 1.29 is 13.3 Å². The van der Waals surface area contributed by atoms with Crippen molar-refractivity contribution in [2.45, 2.75) is 43.8 Å². The monoisotopic (exact) mass is 271 g/mol. The molecule has 1 rings (SSSR count). The van der Waals surface area contributed by atoms with Crippen molar-refractivity contribution in [3.05, 3.63) is 33.9 Å². The lowest BCUT2D eigenvalue weighted by Gasteiger charge is -2.12. The molecule has 0 heterocycles. The van der Waals surface area contributed by atoms with Gasteiger partial charge < -0.3 is 0 Å². The Hall–Kier alpha value is -1.43. The minimum absolute atomic E-state index is 0.181. The Morgan fingerprint density at radius 3 is 2.50 bits per heavy atom. The normalized spacial score (nSPS) is 13.3. The van der Waals surface area contributed by atoms with E-state index < -0.39 is 20.0 Å². The third-order valence-corrected chi connectivity index (χ3v) is 5.10. The zero-order valence-electron chi connectivity index (χ0n) is 10.7. The maximum absolute atomic E-state index is 12.3. The van der Waals surface area contributed by atoms with Gasteiger partial charge in [0.2, 0.25) is 0 Å². The van der Waals surface area contributed by atoms with Gasteiger partial charge in [0, 0.05) is 6.07 Å². The first kappa shape index (κ1) is 14.6. The summed E-state index contributed by atoms with van der Waals surface area (Å²) in [4.78, 5) is 10.1. The number of aryl methyl sites for hydroxylation is 1. The third kappa shape index (κ3) is 2.87. The fraction of sp³-hybridized carbons (Fsp3) is 0.500. The van der Waals surface area contributed by atoms with Gasteiger partial charge in [0.1, 0.15) is 4.90 Å². The highest BCUT2D eigenvalue weighted by Crippen LogP contribution is 2.29. The molecule has 1 aromatic carbocycles. The second-order valence-corrected chi connectivity index (χ2v) is 6.71. The van der Waals surface area contributed by atoms with Crippen molar-refractivity contribution >= 4 is 15.5 Å². The molecule has 0 radical (unpaired) electrons. The van der Waals surface area contributed by atoms with Crippen LogP contribution in [0.25, 0.3) is 0 Å². The van der Waals surface area contributed by atoms with E-state index in [1.54, 1.807) is 19.9 Å². The van der Waals surface area contributed by atoms with Crippen molar-refractivity contribution in [2.75, 3.05) is 0 Å². The van der Waals surface area contributed by atoms with Crippen LogP contribution in [-0.2, 0) is 9.84 Å². The van der Waals surface area contributed by atoms with Crippen LogP contribution in [-0.4, -0.2) is 18.6 Å². The molecule has 0 saturated heterocycles. The summed E-state index contributed by atoms with van der Waals surface area (Å²) in [5, 5.41) is 10.3.